The molecule has 2 aromatic carbocycles. The monoisotopic (exact) mass is 462 g/mol. The summed E-state index contributed by atoms with van der Waals surface area (Å²) in [6, 6.07) is 19.9. The number of carbonyl (C=O) groups is 1. The van der Waals surface area contributed by atoms with Gasteiger partial charge < -0.3 is 18.8 Å². The van der Waals surface area contributed by atoms with Crippen LogP contribution in [0.1, 0.15) is 47.2 Å². The van der Waals surface area contributed by atoms with Gasteiger partial charge in [0.2, 0.25) is 0 Å². The molecule has 0 bridgehead atoms. The molecule has 2 heterocycles. The van der Waals surface area contributed by atoms with Crippen molar-refractivity contribution in [2.45, 2.75) is 39.4 Å². The van der Waals surface area contributed by atoms with E-state index in [1.54, 1.807) is 14.2 Å². The fraction of sp³-hybridized carbons (Fsp3) is 0.393. The van der Waals surface area contributed by atoms with Crippen LogP contribution < -0.4 is 9.47 Å². The van der Waals surface area contributed by atoms with Gasteiger partial charge in [-0.1, -0.05) is 37.3 Å². The first kappa shape index (κ1) is 23.9. The molecule has 180 valence electrons. The van der Waals surface area contributed by atoms with Crippen molar-refractivity contribution in [3.63, 3.8) is 0 Å². The largest absolute Gasteiger partial charge is 0.497 e. The summed E-state index contributed by atoms with van der Waals surface area (Å²) in [6.07, 6.45) is 2.10. The van der Waals surface area contributed by atoms with Crippen molar-refractivity contribution in [1.29, 1.82) is 0 Å². The molecule has 0 spiro atoms. The SMILES string of the molecule is COc1ccc(OC)c(CN(Cc2ccccc2)Cc2ccc(C(=O)N3CCC(C)CC3)o2)c1. The number of amides is 1. The first-order chi connectivity index (χ1) is 16.6. The number of ether oxygens (including phenoxy) is 2. The van der Waals surface area contributed by atoms with E-state index >= 15 is 0 Å². The lowest BCUT2D eigenvalue weighted by Crippen LogP contribution is -2.37. The maximum Gasteiger partial charge on any atom is 0.289 e. The third-order valence-corrected chi connectivity index (χ3v) is 6.45. The Kier molecular flexibility index (Phi) is 7.91. The van der Waals surface area contributed by atoms with Crippen LogP contribution in [-0.4, -0.2) is 43.0 Å². The van der Waals surface area contributed by atoms with Crippen molar-refractivity contribution in [1.82, 2.24) is 9.80 Å². The number of furan rings is 1. The topological polar surface area (TPSA) is 55.2 Å². The van der Waals surface area contributed by atoms with Crippen LogP contribution in [0.3, 0.4) is 0 Å². The quantitative estimate of drug-likeness (QED) is 0.428. The van der Waals surface area contributed by atoms with Gasteiger partial charge in [-0.15, -0.1) is 0 Å². The molecule has 1 fully saturated rings. The van der Waals surface area contributed by atoms with E-state index in [1.165, 1.54) is 5.56 Å². The predicted octanol–water partition coefficient (Wildman–Crippen LogP) is 5.37. The lowest BCUT2D eigenvalue weighted by atomic mass is 9.99. The van der Waals surface area contributed by atoms with Crippen LogP contribution in [0.4, 0.5) is 0 Å². The van der Waals surface area contributed by atoms with Crippen LogP contribution in [0.15, 0.2) is 65.1 Å². The van der Waals surface area contributed by atoms with E-state index in [1.807, 2.05) is 53.4 Å². The summed E-state index contributed by atoms with van der Waals surface area (Å²) in [6.45, 7) is 5.78. The zero-order chi connectivity index (χ0) is 23.9. The third kappa shape index (κ3) is 6.00. The summed E-state index contributed by atoms with van der Waals surface area (Å²) in [5.41, 5.74) is 2.23. The van der Waals surface area contributed by atoms with Crippen LogP contribution in [0, 0.1) is 5.92 Å². The first-order valence-corrected chi connectivity index (χ1v) is 11.9. The van der Waals surface area contributed by atoms with Crippen molar-refractivity contribution in [2.24, 2.45) is 5.92 Å². The van der Waals surface area contributed by atoms with Gasteiger partial charge in [-0.05, 0) is 54.7 Å². The van der Waals surface area contributed by atoms with Gasteiger partial charge in [0.25, 0.3) is 5.91 Å². The van der Waals surface area contributed by atoms with E-state index in [4.69, 9.17) is 13.9 Å². The van der Waals surface area contributed by atoms with E-state index < -0.39 is 0 Å². The number of hydrogen-bond acceptors (Lipinski definition) is 5. The van der Waals surface area contributed by atoms with Crippen LogP contribution in [0.5, 0.6) is 11.5 Å². The molecule has 1 amide bonds. The van der Waals surface area contributed by atoms with Gasteiger partial charge in [0.1, 0.15) is 17.3 Å². The van der Waals surface area contributed by atoms with Crippen molar-refractivity contribution in [3.05, 3.63) is 83.3 Å². The van der Waals surface area contributed by atoms with E-state index in [-0.39, 0.29) is 5.91 Å². The Bertz CT molecular complexity index is 1070. The van der Waals surface area contributed by atoms with Gasteiger partial charge in [0, 0.05) is 31.7 Å². The molecule has 3 aromatic rings. The number of nitrogens with zero attached hydrogens (tertiary/aromatic N) is 2. The predicted molar refractivity (Wildman–Crippen MR) is 132 cm³/mol. The third-order valence-electron chi connectivity index (χ3n) is 6.45. The maximum atomic E-state index is 12.9. The number of carbonyl (C=O) groups excluding carboxylic acids is 1. The molecule has 1 aromatic heterocycles. The van der Waals surface area contributed by atoms with E-state index in [9.17, 15) is 4.79 Å². The summed E-state index contributed by atoms with van der Waals surface area (Å²) >= 11 is 0. The van der Waals surface area contributed by atoms with Gasteiger partial charge in [-0.3, -0.25) is 9.69 Å². The van der Waals surface area contributed by atoms with Crippen LogP contribution >= 0.6 is 0 Å². The van der Waals surface area contributed by atoms with Crippen LogP contribution in [0.2, 0.25) is 0 Å². The fourth-order valence-electron chi connectivity index (χ4n) is 4.42. The average molecular weight is 463 g/mol. The first-order valence-electron chi connectivity index (χ1n) is 11.9. The second-order valence-corrected chi connectivity index (χ2v) is 9.05. The van der Waals surface area contributed by atoms with Crippen molar-refractivity contribution < 1.29 is 18.7 Å². The second-order valence-electron chi connectivity index (χ2n) is 9.05. The van der Waals surface area contributed by atoms with E-state index in [0.717, 1.165) is 55.3 Å². The highest BCUT2D eigenvalue weighted by Crippen LogP contribution is 2.27. The van der Waals surface area contributed by atoms with E-state index in [2.05, 4.69) is 24.0 Å². The lowest BCUT2D eigenvalue weighted by molar-refractivity contribution is 0.0660. The van der Waals surface area contributed by atoms with Crippen molar-refractivity contribution in [3.8, 4) is 11.5 Å². The van der Waals surface area contributed by atoms with Gasteiger partial charge in [0.05, 0.1) is 20.8 Å². The van der Waals surface area contributed by atoms with Crippen LogP contribution in [0.25, 0.3) is 0 Å². The second kappa shape index (κ2) is 11.3. The molecular formula is C28H34N2O4. The minimum Gasteiger partial charge on any atom is -0.497 e. The molecule has 1 aliphatic rings. The normalized spacial score (nSPS) is 14.4. The minimum atomic E-state index is -0.0118. The zero-order valence-corrected chi connectivity index (χ0v) is 20.3. The van der Waals surface area contributed by atoms with Crippen molar-refractivity contribution in [2.75, 3.05) is 27.3 Å². The molecule has 1 aliphatic heterocycles. The fourth-order valence-corrected chi connectivity index (χ4v) is 4.42. The highest BCUT2D eigenvalue weighted by molar-refractivity contribution is 5.91. The molecule has 0 unspecified atom stereocenters. The molecular weight excluding hydrogens is 428 g/mol. The molecule has 34 heavy (non-hydrogen) atoms. The number of hydrogen-bond donors (Lipinski definition) is 0. The summed E-state index contributed by atoms with van der Waals surface area (Å²) < 4.78 is 17.1. The summed E-state index contributed by atoms with van der Waals surface area (Å²) in [5, 5.41) is 0. The Morgan fingerprint density at radius 1 is 0.971 bits per heavy atom. The Hall–Kier alpha value is -3.25. The number of rotatable bonds is 9. The highest BCUT2D eigenvalue weighted by atomic mass is 16.5. The summed E-state index contributed by atoms with van der Waals surface area (Å²) in [5.74, 6) is 3.46. The van der Waals surface area contributed by atoms with E-state index in [0.29, 0.717) is 24.8 Å². The molecule has 0 saturated carbocycles. The Balaban J connectivity index is 1.52. The van der Waals surface area contributed by atoms with Gasteiger partial charge >= 0.3 is 0 Å². The standard InChI is InChI=1S/C28H34N2O4/c1-21-13-15-30(16-14-21)28(31)27-12-10-25(34-27)20-29(18-22-7-5-4-6-8-22)19-23-17-24(32-2)9-11-26(23)33-3/h4-12,17,21H,13-16,18-20H2,1-3H3. The van der Waals surface area contributed by atoms with Gasteiger partial charge in [-0.25, -0.2) is 0 Å². The summed E-state index contributed by atoms with van der Waals surface area (Å²) in [4.78, 5) is 17.1. The maximum absolute atomic E-state index is 12.9. The smallest absolute Gasteiger partial charge is 0.289 e. The molecule has 0 aliphatic carbocycles. The molecule has 6 heteroatoms. The van der Waals surface area contributed by atoms with Gasteiger partial charge in [0.15, 0.2) is 5.76 Å². The highest BCUT2D eigenvalue weighted by Gasteiger charge is 2.24. The molecule has 1 saturated heterocycles. The molecule has 0 N–H and O–H groups in total. The number of benzene rings is 2. The molecule has 0 radical (unpaired) electrons. The number of piperidine rings is 1. The van der Waals surface area contributed by atoms with Crippen LogP contribution in [-0.2, 0) is 19.6 Å². The Labute approximate surface area is 202 Å². The average Bonchev–Trinajstić information content (AvgIpc) is 3.33. The number of likely N-dealkylation sites (tertiary alicyclic amines) is 1. The Morgan fingerprint density at radius 2 is 1.74 bits per heavy atom. The lowest BCUT2D eigenvalue weighted by Gasteiger charge is -2.29. The summed E-state index contributed by atoms with van der Waals surface area (Å²) in [7, 11) is 3.34. The molecule has 6 nitrogen and oxygen atoms in total. The van der Waals surface area contributed by atoms with Gasteiger partial charge in [-0.2, -0.15) is 0 Å². The molecule has 0 atom stereocenters. The zero-order valence-electron chi connectivity index (χ0n) is 20.3. The molecule has 4 rings (SSSR count). The number of methoxy groups -OCH3 is 2. The Morgan fingerprint density at radius 3 is 2.44 bits per heavy atom. The van der Waals surface area contributed by atoms with Crippen molar-refractivity contribution >= 4 is 5.91 Å². The minimum absolute atomic E-state index is 0.0118.